The van der Waals surface area contributed by atoms with Crippen molar-refractivity contribution in [1.29, 1.82) is 0 Å². The first-order valence-electron chi connectivity index (χ1n) is 9.01. The molecule has 0 saturated carbocycles. The van der Waals surface area contributed by atoms with Crippen molar-refractivity contribution >= 4 is 11.3 Å². The van der Waals surface area contributed by atoms with Gasteiger partial charge in [0.15, 0.2) is 0 Å². The van der Waals surface area contributed by atoms with E-state index in [0.29, 0.717) is 0 Å². The van der Waals surface area contributed by atoms with E-state index >= 15 is 0 Å². The van der Waals surface area contributed by atoms with Crippen molar-refractivity contribution in [3.8, 4) is 0 Å². The molecule has 0 unspecified atom stereocenters. The van der Waals surface area contributed by atoms with E-state index in [9.17, 15) is 0 Å². The van der Waals surface area contributed by atoms with Gasteiger partial charge in [0.2, 0.25) is 0 Å². The Balaban J connectivity index is 1.33. The predicted molar refractivity (Wildman–Crippen MR) is 99.7 cm³/mol. The maximum absolute atomic E-state index is 2.26. The quantitative estimate of drug-likeness (QED) is 0.368. The van der Waals surface area contributed by atoms with Gasteiger partial charge in [-0.1, -0.05) is 81.3 Å². The average molecular weight is 315 g/mol. The van der Waals surface area contributed by atoms with Gasteiger partial charge >= 0.3 is 0 Å². The van der Waals surface area contributed by atoms with Gasteiger partial charge in [-0.3, -0.25) is 0 Å². The van der Waals surface area contributed by atoms with Crippen LogP contribution in [0.4, 0.5) is 0 Å². The lowest BCUT2D eigenvalue weighted by molar-refractivity contribution is 0.559. The van der Waals surface area contributed by atoms with Crippen LogP contribution in [0.1, 0.15) is 68.2 Å². The average Bonchev–Trinajstić information content (AvgIpc) is 3.07. The molecule has 1 heterocycles. The molecular formula is C21H30S. The van der Waals surface area contributed by atoms with E-state index in [-0.39, 0.29) is 0 Å². The minimum atomic E-state index is 1.25. The summed E-state index contributed by atoms with van der Waals surface area (Å²) in [6.07, 6.45) is 15.2. The Kier molecular flexibility index (Phi) is 9.02. The fraction of sp³-hybridized carbons (Fsp3) is 0.524. The Morgan fingerprint density at radius 1 is 0.545 bits per heavy atom. The first-order chi connectivity index (χ1) is 10.9. The largest absolute Gasteiger partial charge is 0.149 e. The van der Waals surface area contributed by atoms with Gasteiger partial charge in [0.05, 0.1) is 0 Å². The summed E-state index contributed by atoms with van der Waals surface area (Å²) in [7, 11) is 0. The van der Waals surface area contributed by atoms with Crippen molar-refractivity contribution in [2.24, 2.45) is 0 Å². The molecule has 0 atom stereocenters. The van der Waals surface area contributed by atoms with Crippen LogP contribution >= 0.6 is 11.3 Å². The highest BCUT2D eigenvalue weighted by atomic mass is 32.1. The molecule has 0 aliphatic rings. The van der Waals surface area contributed by atoms with Gasteiger partial charge in [0.1, 0.15) is 0 Å². The summed E-state index contributed by atoms with van der Waals surface area (Å²) in [5.41, 5.74) is 1.49. The third kappa shape index (κ3) is 7.79. The first-order valence-corrected chi connectivity index (χ1v) is 9.89. The second-order valence-corrected chi connectivity index (χ2v) is 7.28. The van der Waals surface area contributed by atoms with Crippen LogP contribution in [0.2, 0.25) is 0 Å². The summed E-state index contributed by atoms with van der Waals surface area (Å²) in [4.78, 5) is 1.55. The van der Waals surface area contributed by atoms with E-state index < -0.39 is 0 Å². The number of thiophene rings is 1. The molecule has 0 spiro atoms. The minimum absolute atomic E-state index is 1.25. The molecule has 0 radical (unpaired) electrons. The summed E-state index contributed by atoms with van der Waals surface area (Å²) in [6, 6.07) is 15.3. The third-order valence-electron chi connectivity index (χ3n) is 4.31. The Bertz CT molecular complexity index is 458. The van der Waals surface area contributed by atoms with Gasteiger partial charge < -0.3 is 0 Å². The zero-order valence-electron chi connectivity index (χ0n) is 13.8. The fourth-order valence-electron chi connectivity index (χ4n) is 2.97. The lowest BCUT2D eigenvalue weighted by Gasteiger charge is -2.03. The Morgan fingerprint density at radius 3 is 1.73 bits per heavy atom. The van der Waals surface area contributed by atoms with Crippen molar-refractivity contribution in [3.05, 3.63) is 58.3 Å². The van der Waals surface area contributed by atoms with Crippen molar-refractivity contribution < 1.29 is 0 Å². The van der Waals surface area contributed by atoms with E-state index in [4.69, 9.17) is 0 Å². The minimum Gasteiger partial charge on any atom is -0.149 e. The van der Waals surface area contributed by atoms with Crippen LogP contribution in [0.3, 0.4) is 0 Å². The van der Waals surface area contributed by atoms with Crippen LogP contribution in [-0.4, -0.2) is 0 Å². The van der Waals surface area contributed by atoms with Crippen molar-refractivity contribution in [2.45, 2.75) is 70.6 Å². The monoisotopic (exact) mass is 314 g/mol. The van der Waals surface area contributed by atoms with Gasteiger partial charge in [-0.15, -0.1) is 11.3 Å². The highest BCUT2D eigenvalue weighted by Gasteiger charge is 1.96. The van der Waals surface area contributed by atoms with Crippen LogP contribution in [0.25, 0.3) is 0 Å². The molecule has 2 rings (SSSR count). The number of aryl methyl sites for hydroxylation is 2. The number of hydrogen-bond acceptors (Lipinski definition) is 1. The molecule has 1 aromatic heterocycles. The molecular weight excluding hydrogens is 284 g/mol. The Hall–Kier alpha value is -1.08. The van der Waals surface area contributed by atoms with E-state index in [1.807, 2.05) is 11.3 Å². The Labute approximate surface area is 140 Å². The van der Waals surface area contributed by atoms with Crippen LogP contribution < -0.4 is 0 Å². The summed E-state index contributed by atoms with van der Waals surface area (Å²) >= 11 is 1.90. The molecule has 2 aromatic rings. The number of unbranched alkanes of at least 4 members (excludes halogenated alkanes) is 8. The molecule has 0 nitrogen and oxygen atoms in total. The normalized spacial score (nSPS) is 10.9. The van der Waals surface area contributed by atoms with E-state index in [1.54, 1.807) is 4.88 Å². The lowest BCUT2D eigenvalue weighted by Crippen LogP contribution is -1.86. The molecule has 0 fully saturated rings. The smallest absolute Gasteiger partial charge is 0.00452 e. The summed E-state index contributed by atoms with van der Waals surface area (Å²) in [6.45, 7) is 0. The lowest BCUT2D eigenvalue weighted by atomic mass is 10.0. The van der Waals surface area contributed by atoms with E-state index in [1.165, 1.54) is 76.2 Å². The summed E-state index contributed by atoms with van der Waals surface area (Å²) in [5, 5.41) is 2.19. The Morgan fingerprint density at radius 2 is 1.14 bits per heavy atom. The van der Waals surface area contributed by atoms with Crippen LogP contribution in [-0.2, 0) is 12.8 Å². The molecule has 0 amide bonds. The van der Waals surface area contributed by atoms with E-state index in [0.717, 1.165) is 0 Å². The maximum atomic E-state index is 2.26. The highest BCUT2D eigenvalue weighted by molar-refractivity contribution is 7.09. The fourth-order valence-corrected chi connectivity index (χ4v) is 3.72. The van der Waals surface area contributed by atoms with Gasteiger partial charge in [-0.05, 0) is 42.7 Å². The SMILES string of the molecule is c1ccc(CCCCCCCCCCCc2cccs2)cc1. The van der Waals surface area contributed by atoms with Gasteiger partial charge in [-0.25, -0.2) is 0 Å². The number of rotatable bonds is 12. The van der Waals surface area contributed by atoms with Crippen LogP contribution in [0.15, 0.2) is 47.8 Å². The standard InChI is InChI=1S/C21H30S/c1(3-5-7-12-17-21-18-13-19-22-21)2-4-6-9-14-20-15-10-8-11-16-20/h8,10-11,13,15-16,18-19H,1-7,9,12,14,17H2. The van der Waals surface area contributed by atoms with Crippen molar-refractivity contribution in [3.63, 3.8) is 0 Å². The van der Waals surface area contributed by atoms with E-state index in [2.05, 4.69) is 47.8 Å². The number of benzene rings is 1. The zero-order valence-corrected chi connectivity index (χ0v) is 14.6. The highest BCUT2D eigenvalue weighted by Crippen LogP contribution is 2.15. The molecule has 0 bridgehead atoms. The molecule has 1 aromatic carbocycles. The molecule has 0 aliphatic heterocycles. The molecule has 22 heavy (non-hydrogen) atoms. The number of hydrogen-bond donors (Lipinski definition) is 0. The molecule has 120 valence electrons. The molecule has 0 aliphatic carbocycles. The molecule has 0 N–H and O–H groups in total. The predicted octanol–water partition coefficient (Wildman–Crippen LogP) is 7.04. The topological polar surface area (TPSA) is 0 Å². The van der Waals surface area contributed by atoms with Crippen LogP contribution in [0, 0.1) is 0 Å². The summed E-state index contributed by atoms with van der Waals surface area (Å²) in [5.74, 6) is 0. The summed E-state index contributed by atoms with van der Waals surface area (Å²) < 4.78 is 0. The van der Waals surface area contributed by atoms with Gasteiger partial charge in [0, 0.05) is 4.88 Å². The van der Waals surface area contributed by atoms with Crippen molar-refractivity contribution in [2.75, 3.05) is 0 Å². The third-order valence-corrected chi connectivity index (χ3v) is 5.25. The van der Waals surface area contributed by atoms with Crippen molar-refractivity contribution in [1.82, 2.24) is 0 Å². The maximum Gasteiger partial charge on any atom is 0.00452 e. The zero-order chi connectivity index (χ0) is 15.3. The van der Waals surface area contributed by atoms with Crippen LogP contribution in [0.5, 0.6) is 0 Å². The van der Waals surface area contributed by atoms with Gasteiger partial charge in [-0.2, -0.15) is 0 Å². The molecule has 0 saturated heterocycles. The van der Waals surface area contributed by atoms with Gasteiger partial charge in [0.25, 0.3) is 0 Å². The second-order valence-electron chi connectivity index (χ2n) is 6.25. The second kappa shape index (κ2) is 11.5. The molecule has 1 heteroatoms. The first kappa shape index (κ1) is 17.3.